The lowest BCUT2D eigenvalue weighted by Crippen LogP contribution is -2.11. The van der Waals surface area contributed by atoms with Crippen molar-refractivity contribution in [3.05, 3.63) is 35.9 Å². The zero-order chi connectivity index (χ0) is 10.7. The minimum atomic E-state index is -0.911. The highest BCUT2D eigenvalue weighted by molar-refractivity contribution is 5.76. The van der Waals surface area contributed by atoms with Gasteiger partial charge in [0.1, 0.15) is 6.10 Å². The Labute approximate surface area is 88.7 Å². The summed E-state index contributed by atoms with van der Waals surface area (Å²) < 4.78 is 5.01. The maximum Gasteiger partial charge on any atom is 0.335 e. The molecule has 3 nitrogen and oxygen atoms in total. The summed E-state index contributed by atoms with van der Waals surface area (Å²) in [7, 11) is 0. The molecule has 0 saturated carbocycles. The van der Waals surface area contributed by atoms with Gasteiger partial charge >= 0.3 is 5.97 Å². The first kappa shape index (κ1) is 10.2. The van der Waals surface area contributed by atoms with Crippen molar-refractivity contribution >= 4 is 5.97 Å². The molecule has 1 aromatic rings. The number of benzene rings is 1. The number of carbonyl (C=O) groups excluding carboxylic acids is 1. The van der Waals surface area contributed by atoms with Gasteiger partial charge in [-0.3, -0.25) is 0 Å². The Hall–Kier alpha value is -1.35. The summed E-state index contributed by atoms with van der Waals surface area (Å²) in [6.07, 6.45) is 1.07. The van der Waals surface area contributed by atoms with E-state index in [0.29, 0.717) is 6.42 Å². The number of ether oxygens (including phenoxy) is 1. The molecular formula is C12H14O3. The van der Waals surface area contributed by atoms with E-state index in [2.05, 4.69) is 0 Å². The lowest BCUT2D eigenvalue weighted by molar-refractivity contribution is -0.147. The summed E-state index contributed by atoms with van der Waals surface area (Å²) in [5, 5.41) is 9.19. The molecule has 0 spiro atoms. The number of esters is 1. The minimum Gasteiger partial charge on any atom is -0.460 e. The van der Waals surface area contributed by atoms with Crippen LogP contribution in [0.3, 0.4) is 0 Å². The second-order valence-electron chi connectivity index (χ2n) is 3.83. The van der Waals surface area contributed by atoms with E-state index in [1.165, 1.54) is 5.56 Å². The van der Waals surface area contributed by atoms with Gasteiger partial charge in [-0.1, -0.05) is 30.3 Å². The zero-order valence-electron chi connectivity index (χ0n) is 8.43. The van der Waals surface area contributed by atoms with Crippen LogP contribution in [0.1, 0.15) is 18.4 Å². The van der Waals surface area contributed by atoms with Crippen molar-refractivity contribution in [3.8, 4) is 0 Å². The second kappa shape index (κ2) is 4.45. The van der Waals surface area contributed by atoms with Crippen molar-refractivity contribution < 1.29 is 14.6 Å². The highest BCUT2D eigenvalue weighted by atomic mass is 16.6. The molecule has 80 valence electrons. The zero-order valence-corrected chi connectivity index (χ0v) is 8.43. The van der Waals surface area contributed by atoms with E-state index in [1.54, 1.807) is 0 Å². The smallest absolute Gasteiger partial charge is 0.335 e. The van der Waals surface area contributed by atoms with E-state index < -0.39 is 12.1 Å². The van der Waals surface area contributed by atoms with Crippen LogP contribution in [-0.2, 0) is 16.0 Å². The molecular weight excluding hydrogens is 192 g/mol. The van der Waals surface area contributed by atoms with Gasteiger partial charge in [0.15, 0.2) is 6.10 Å². The molecule has 0 bridgehead atoms. The van der Waals surface area contributed by atoms with Gasteiger partial charge in [-0.15, -0.1) is 0 Å². The summed E-state index contributed by atoms with van der Waals surface area (Å²) in [4.78, 5) is 10.9. The van der Waals surface area contributed by atoms with E-state index in [9.17, 15) is 9.90 Å². The SMILES string of the molecule is O=C1O[C@@H](CCc2ccccc2)C[C@H]1O. The topological polar surface area (TPSA) is 46.5 Å². The van der Waals surface area contributed by atoms with Gasteiger partial charge in [0, 0.05) is 6.42 Å². The first-order chi connectivity index (χ1) is 7.25. The average Bonchev–Trinajstić information content (AvgIpc) is 2.57. The average molecular weight is 206 g/mol. The van der Waals surface area contributed by atoms with E-state index in [-0.39, 0.29) is 6.10 Å². The third-order valence-electron chi connectivity index (χ3n) is 2.64. The van der Waals surface area contributed by atoms with Gasteiger partial charge in [0.25, 0.3) is 0 Å². The molecule has 1 aromatic carbocycles. The van der Waals surface area contributed by atoms with Crippen LogP contribution in [0.4, 0.5) is 0 Å². The Bertz CT molecular complexity index is 334. The summed E-state index contributed by atoms with van der Waals surface area (Å²) >= 11 is 0. The van der Waals surface area contributed by atoms with Gasteiger partial charge in [-0.25, -0.2) is 4.79 Å². The summed E-state index contributed by atoms with van der Waals surface area (Å²) in [6.45, 7) is 0. The van der Waals surface area contributed by atoms with Gasteiger partial charge in [-0.05, 0) is 18.4 Å². The van der Waals surface area contributed by atoms with Gasteiger partial charge in [-0.2, -0.15) is 0 Å². The lowest BCUT2D eigenvalue weighted by Gasteiger charge is -2.07. The molecule has 0 unspecified atom stereocenters. The molecule has 3 heteroatoms. The van der Waals surface area contributed by atoms with Crippen LogP contribution in [0.2, 0.25) is 0 Å². The fourth-order valence-corrected chi connectivity index (χ4v) is 1.79. The number of hydrogen-bond acceptors (Lipinski definition) is 3. The molecule has 0 radical (unpaired) electrons. The summed E-state index contributed by atoms with van der Waals surface area (Å²) in [5.41, 5.74) is 1.23. The third-order valence-corrected chi connectivity index (χ3v) is 2.64. The van der Waals surface area contributed by atoms with Crippen LogP contribution in [0.5, 0.6) is 0 Å². The molecule has 1 saturated heterocycles. The maximum absolute atomic E-state index is 10.9. The monoisotopic (exact) mass is 206 g/mol. The molecule has 1 fully saturated rings. The highest BCUT2D eigenvalue weighted by Gasteiger charge is 2.32. The number of hydrogen-bond donors (Lipinski definition) is 1. The fraction of sp³-hybridized carbons (Fsp3) is 0.417. The third kappa shape index (κ3) is 2.57. The van der Waals surface area contributed by atoms with Crippen molar-refractivity contribution in [3.63, 3.8) is 0 Å². The fourth-order valence-electron chi connectivity index (χ4n) is 1.79. The Morgan fingerprint density at radius 3 is 2.67 bits per heavy atom. The van der Waals surface area contributed by atoms with Crippen LogP contribution in [0, 0.1) is 0 Å². The molecule has 0 amide bonds. The standard InChI is InChI=1S/C12H14O3/c13-11-8-10(15-12(11)14)7-6-9-4-2-1-3-5-9/h1-5,10-11,13H,6-8H2/t10-,11+/m0/s1. The van der Waals surface area contributed by atoms with Gasteiger partial charge < -0.3 is 9.84 Å². The maximum atomic E-state index is 10.9. The largest absolute Gasteiger partial charge is 0.460 e. The molecule has 1 heterocycles. The molecule has 2 rings (SSSR count). The number of carbonyl (C=O) groups is 1. The number of aryl methyl sites for hydroxylation is 1. The molecule has 15 heavy (non-hydrogen) atoms. The van der Waals surface area contributed by atoms with Crippen molar-refractivity contribution in [1.82, 2.24) is 0 Å². The van der Waals surface area contributed by atoms with Crippen molar-refractivity contribution in [1.29, 1.82) is 0 Å². The van der Waals surface area contributed by atoms with Gasteiger partial charge in [0.2, 0.25) is 0 Å². The Morgan fingerprint density at radius 1 is 1.33 bits per heavy atom. The number of cyclic esters (lactones) is 1. The van der Waals surface area contributed by atoms with Gasteiger partial charge in [0.05, 0.1) is 0 Å². The van der Waals surface area contributed by atoms with Crippen LogP contribution < -0.4 is 0 Å². The predicted octanol–water partition coefficient (Wildman–Crippen LogP) is 1.30. The van der Waals surface area contributed by atoms with E-state index >= 15 is 0 Å². The van der Waals surface area contributed by atoms with Crippen molar-refractivity contribution in [2.24, 2.45) is 0 Å². The van der Waals surface area contributed by atoms with Crippen LogP contribution >= 0.6 is 0 Å². The van der Waals surface area contributed by atoms with Crippen LogP contribution in [-0.4, -0.2) is 23.3 Å². The molecule has 0 aromatic heterocycles. The normalized spacial score (nSPS) is 25.3. The summed E-state index contributed by atoms with van der Waals surface area (Å²) in [5.74, 6) is -0.479. The Kier molecular flexibility index (Phi) is 3.02. The van der Waals surface area contributed by atoms with E-state index in [0.717, 1.165) is 12.8 Å². The first-order valence-electron chi connectivity index (χ1n) is 5.18. The molecule has 0 aliphatic carbocycles. The molecule has 1 N–H and O–H groups in total. The first-order valence-corrected chi connectivity index (χ1v) is 5.18. The Morgan fingerprint density at radius 2 is 2.07 bits per heavy atom. The van der Waals surface area contributed by atoms with Crippen molar-refractivity contribution in [2.45, 2.75) is 31.5 Å². The quantitative estimate of drug-likeness (QED) is 0.758. The van der Waals surface area contributed by atoms with Crippen LogP contribution in [0.25, 0.3) is 0 Å². The molecule has 1 aliphatic rings. The number of aliphatic hydroxyl groups excluding tert-OH is 1. The van der Waals surface area contributed by atoms with Crippen LogP contribution in [0.15, 0.2) is 30.3 Å². The van der Waals surface area contributed by atoms with Crippen molar-refractivity contribution in [2.75, 3.05) is 0 Å². The molecule has 2 atom stereocenters. The lowest BCUT2D eigenvalue weighted by atomic mass is 10.0. The highest BCUT2D eigenvalue weighted by Crippen LogP contribution is 2.19. The Balaban J connectivity index is 1.82. The molecule has 1 aliphatic heterocycles. The predicted molar refractivity (Wildman–Crippen MR) is 55.3 cm³/mol. The summed E-state index contributed by atoms with van der Waals surface area (Å²) in [6, 6.07) is 10.1. The number of aliphatic hydroxyl groups is 1. The van der Waals surface area contributed by atoms with E-state index in [4.69, 9.17) is 4.74 Å². The van der Waals surface area contributed by atoms with E-state index in [1.807, 2.05) is 30.3 Å². The number of rotatable bonds is 3. The minimum absolute atomic E-state index is 0.118. The second-order valence-corrected chi connectivity index (χ2v) is 3.83.